The van der Waals surface area contributed by atoms with E-state index < -0.39 is 0 Å². The Kier molecular flexibility index (Phi) is 6.09. The standard InChI is InChI=1S/C27H27N3O2S/c1-18-9-11-19(12-10-18)16-30-24-15-21(13-14-25(24)33-17-26(30)31)28-27(32)29-23-8-4-6-20-5-2-3-7-22(20)23/h2-3,5,7,9-15,23H,4,6,8,16-17H2,1H3,(H2,28,29,32)/t23-/m1/s1. The Morgan fingerprint density at radius 2 is 1.91 bits per heavy atom. The Morgan fingerprint density at radius 3 is 2.76 bits per heavy atom. The molecule has 5 nitrogen and oxygen atoms in total. The average molecular weight is 458 g/mol. The van der Waals surface area contributed by atoms with Crippen molar-refractivity contribution in [2.24, 2.45) is 0 Å². The number of aryl methyl sites for hydroxylation is 2. The zero-order valence-electron chi connectivity index (χ0n) is 18.6. The first kappa shape index (κ1) is 21.6. The molecule has 1 heterocycles. The number of hydrogen-bond acceptors (Lipinski definition) is 3. The fraction of sp³-hybridized carbons (Fsp3) is 0.259. The molecule has 0 radical (unpaired) electrons. The van der Waals surface area contributed by atoms with Crippen LogP contribution in [0.5, 0.6) is 0 Å². The van der Waals surface area contributed by atoms with E-state index in [2.05, 4.69) is 60.0 Å². The predicted molar refractivity (Wildman–Crippen MR) is 134 cm³/mol. The van der Waals surface area contributed by atoms with Crippen molar-refractivity contribution in [3.05, 3.63) is 89.0 Å². The Hall–Kier alpha value is -3.25. The quantitative estimate of drug-likeness (QED) is 0.518. The van der Waals surface area contributed by atoms with Crippen molar-refractivity contribution >= 4 is 35.1 Å². The zero-order valence-corrected chi connectivity index (χ0v) is 19.5. The van der Waals surface area contributed by atoms with Gasteiger partial charge in [-0.05, 0) is 61.1 Å². The molecule has 2 N–H and O–H groups in total. The van der Waals surface area contributed by atoms with Crippen LogP contribution in [0.2, 0.25) is 0 Å². The minimum absolute atomic E-state index is 0.0164. The van der Waals surface area contributed by atoms with Gasteiger partial charge < -0.3 is 15.5 Å². The summed E-state index contributed by atoms with van der Waals surface area (Å²) in [6, 6.07) is 22.1. The lowest BCUT2D eigenvalue weighted by Crippen LogP contribution is -2.35. The van der Waals surface area contributed by atoms with Gasteiger partial charge in [-0.15, -0.1) is 11.8 Å². The first-order valence-electron chi connectivity index (χ1n) is 11.3. The molecule has 6 heteroatoms. The average Bonchev–Trinajstić information content (AvgIpc) is 2.82. The normalized spacial score (nSPS) is 17.2. The van der Waals surface area contributed by atoms with Gasteiger partial charge in [0.25, 0.3) is 0 Å². The van der Waals surface area contributed by atoms with Crippen LogP contribution in [0.3, 0.4) is 0 Å². The molecule has 1 aliphatic carbocycles. The van der Waals surface area contributed by atoms with Gasteiger partial charge in [0.1, 0.15) is 0 Å². The molecule has 0 bridgehead atoms. The molecule has 3 aromatic carbocycles. The van der Waals surface area contributed by atoms with Gasteiger partial charge in [-0.2, -0.15) is 0 Å². The van der Waals surface area contributed by atoms with Gasteiger partial charge in [0.2, 0.25) is 5.91 Å². The molecule has 3 aromatic rings. The largest absolute Gasteiger partial charge is 0.331 e. The summed E-state index contributed by atoms with van der Waals surface area (Å²) >= 11 is 1.54. The van der Waals surface area contributed by atoms with Crippen LogP contribution in [0.15, 0.2) is 71.6 Å². The van der Waals surface area contributed by atoms with Crippen LogP contribution in [-0.4, -0.2) is 17.7 Å². The summed E-state index contributed by atoms with van der Waals surface area (Å²) in [7, 11) is 0. The monoisotopic (exact) mass is 457 g/mol. The number of anilines is 2. The topological polar surface area (TPSA) is 61.4 Å². The summed E-state index contributed by atoms with van der Waals surface area (Å²) in [5.74, 6) is 0.501. The maximum absolute atomic E-state index is 12.8. The molecule has 1 atom stereocenters. The molecule has 0 saturated heterocycles. The van der Waals surface area contributed by atoms with Crippen LogP contribution < -0.4 is 15.5 Å². The lowest BCUT2D eigenvalue weighted by molar-refractivity contribution is -0.116. The Labute approximate surface area is 198 Å². The molecule has 0 saturated carbocycles. The molecule has 0 unspecified atom stereocenters. The molecule has 2 aliphatic rings. The molecular weight excluding hydrogens is 430 g/mol. The third-order valence-electron chi connectivity index (χ3n) is 6.30. The van der Waals surface area contributed by atoms with Crippen LogP contribution in [0, 0.1) is 6.92 Å². The minimum atomic E-state index is -0.225. The van der Waals surface area contributed by atoms with Gasteiger partial charge >= 0.3 is 6.03 Å². The van der Waals surface area contributed by atoms with Crippen LogP contribution >= 0.6 is 11.8 Å². The van der Waals surface area contributed by atoms with Crippen molar-refractivity contribution < 1.29 is 9.59 Å². The summed E-state index contributed by atoms with van der Waals surface area (Å²) in [4.78, 5) is 28.4. The van der Waals surface area contributed by atoms with Crippen LogP contribution in [0.4, 0.5) is 16.2 Å². The molecular formula is C27H27N3O2S. The number of benzene rings is 3. The smallest absolute Gasteiger partial charge is 0.319 e. The molecule has 0 aromatic heterocycles. The van der Waals surface area contributed by atoms with Gasteiger partial charge in [-0.3, -0.25) is 4.79 Å². The molecule has 33 heavy (non-hydrogen) atoms. The predicted octanol–water partition coefficient (Wildman–Crippen LogP) is 5.83. The van der Waals surface area contributed by atoms with Crippen molar-refractivity contribution in [1.29, 1.82) is 0 Å². The Balaban J connectivity index is 1.32. The molecule has 0 fully saturated rings. The van der Waals surface area contributed by atoms with Crippen molar-refractivity contribution in [3.63, 3.8) is 0 Å². The van der Waals surface area contributed by atoms with E-state index in [-0.39, 0.29) is 18.0 Å². The molecule has 5 rings (SSSR count). The Bertz CT molecular complexity index is 1190. The van der Waals surface area contributed by atoms with Crippen LogP contribution in [0.25, 0.3) is 0 Å². The Morgan fingerprint density at radius 1 is 1.09 bits per heavy atom. The highest BCUT2D eigenvalue weighted by Gasteiger charge is 2.26. The third kappa shape index (κ3) is 4.76. The van der Waals surface area contributed by atoms with E-state index in [9.17, 15) is 9.59 Å². The third-order valence-corrected chi connectivity index (χ3v) is 7.34. The number of thioether (sulfide) groups is 1. The van der Waals surface area contributed by atoms with E-state index in [0.717, 1.165) is 35.4 Å². The molecule has 168 valence electrons. The summed E-state index contributed by atoms with van der Waals surface area (Å²) < 4.78 is 0. The molecule has 3 amide bonds. The first-order valence-corrected chi connectivity index (χ1v) is 12.3. The minimum Gasteiger partial charge on any atom is -0.331 e. The highest BCUT2D eigenvalue weighted by atomic mass is 32.2. The fourth-order valence-corrected chi connectivity index (χ4v) is 5.47. The number of rotatable bonds is 4. The SMILES string of the molecule is Cc1ccc(CN2C(=O)CSc3ccc(NC(=O)N[C@@H]4CCCc5ccccc54)cc32)cc1. The lowest BCUT2D eigenvalue weighted by Gasteiger charge is -2.30. The second-order valence-electron chi connectivity index (χ2n) is 8.68. The van der Waals surface area contributed by atoms with E-state index >= 15 is 0 Å². The number of urea groups is 1. The second kappa shape index (κ2) is 9.32. The molecule has 1 aliphatic heterocycles. The maximum Gasteiger partial charge on any atom is 0.319 e. The van der Waals surface area contributed by atoms with Crippen LogP contribution in [0.1, 0.15) is 41.1 Å². The first-order chi connectivity index (χ1) is 16.1. The van der Waals surface area contributed by atoms with Crippen LogP contribution in [-0.2, 0) is 17.8 Å². The zero-order chi connectivity index (χ0) is 22.8. The van der Waals surface area contributed by atoms with Gasteiger partial charge in [-0.25, -0.2) is 4.79 Å². The van der Waals surface area contributed by atoms with Gasteiger partial charge in [-0.1, -0.05) is 54.1 Å². The number of nitrogens with one attached hydrogen (secondary N) is 2. The van der Waals surface area contributed by atoms with E-state index in [4.69, 9.17) is 0 Å². The van der Waals surface area contributed by atoms with Crippen molar-refractivity contribution in [2.75, 3.05) is 16.0 Å². The van der Waals surface area contributed by atoms with E-state index in [1.54, 1.807) is 11.8 Å². The second-order valence-corrected chi connectivity index (χ2v) is 9.70. The number of amides is 3. The number of fused-ring (bicyclic) bond motifs is 2. The summed E-state index contributed by atoms with van der Waals surface area (Å²) in [5, 5.41) is 6.11. The maximum atomic E-state index is 12.8. The van der Waals surface area contributed by atoms with E-state index in [0.29, 0.717) is 18.0 Å². The van der Waals surface area contributed by atoms with Gasteiger partial charge in [0, 0.05) is 10.6 Å². The fourth-order valence-electron chi connectivity index (χ4n) is 4.56. The van der Waals surface area contributed by atoms with Gasteiger partial charge in [0.15, 0.2) is 0 Å². The number of hydrogen-bond donors (Lipinski definition) is 2. The van der Waals surface area contributed by atoms with E-state index in [1.807, 2.05) is 29.2 Å². The number of nitrogens with zero attached hydrogens (tertiary/aromatic N) is 1. The number of carbonyl (C=O) groups excluding carboxylic acids is 2. The lowest BCUT2D eigenvalue weighted by atomic mass is 9.88. The highest BCUT2D eigenvalue weighted by molar-refractivity contribution is 8.00. The summed E-state index contributed by atoms with van der Waals surface area (Å²) in [6.07, 6.45) is 3.06. The summed E-state index contributed by atoms with van der Waals surface area (Å²) in [5.41, 5.74) is 6.31. The number of carbonyl (C=O) groups is 2. The van der Waals surface area contributed by atoms with Gasteiger partial charge in [0.05, 0.1) is 24.0 Å². The summed E-state index contributed by atoms with van der Waals surface area (Å²) in [6.45, 7) is 2.57. The highest BCUT2D eigenvalue weighted by Crippen LogP contribution is 2.38. The van der Waals surface area contributed by atoms with Crippen molar-refractivity contribution in [1.82, 2.24) is 5.32 Å². The van der Waals surface area contributed by atoms with Crippen molar-refractivity contribution in [2.45, 2.75) is 43.7 Å². The van der Waals surface area contributed by atoms with E-state index in [1.165, 1.54) is 16.7 Å². The molecule has 0 spiro atoms. The van der Waals surface area contributed by atoms with Crippen molar-refractivity contribution in [3.8, 4) is 0 Å².